The van der Waals surface area contributed by atoms with Crippen LogP contribution in [0.4, 0.5) is 0 Å². The minimum Gasteiger partial charge on any atom is -0.355 e. The van der Waals surface area contributed by atoms with E-state index in [4.69, 9.17) is 0 Å². The zero-order valence-corrected chi connectivity index (χ0v) is 15.1. The minimum atomic E-state index is -0.122. The van der Waals surface area contributed by atoms with Crippen molar-refractivity contribution in [2.24, 2.45) is 0 Å². The zero-order chi connectivity index (χ0) is 18.4. The Hall–Kier alpha value is -2.66. The molecule has 2 aromatic rings. The van der Waals surface area contributed by atoms with Crippen LogP contribution in [-0.2, 0) is 17.9 Å². The normalized spacial score (nSPS) is 17.0. The molecule has 5 nitrogen and oxygen atoms in total. The molecule has 1 saturated heterocycles. The van der Waals surface area contributed by atoms with Gasteiger partial charge in [-0.25, -0.2) is 0 Å². The maximum atomic E-state index is 12.7. The van der Waals surface area contributed by atoms with Gasteiger partial charge in [0.1, 0.15) is 0 Å². The average Bonchev–Trinajstić information content (AvgIpc) is 3.14. The second-order valence-electron chi connectivity index (χ2n) is 6.61. The van der Waals surface area contributed by atoms with Crippen LogP contribution in [0.1, 0.15) is 34.3 Å². The monoisotopic (exact) mass is 351 g/mol. The quantitative estimate of drug-likeness (QED) is 0.840. The molecule has 2 amide bonds. The van der Waals surface area contributed by atoms with Gasteiger partial charge in [-0.05, 0) is 42.6 Å². The Morgan fingerprint density at radius 3 is 2.62 bits per heavy atom. The van der Waals surface area contributed by atoms with E-state index in [2.05, 4.69) is 27.7 Å². The highest BCUT2D eigenvalue weighted by molar-refractivity contribution is 5.94. The molecule has 1 aliphatic heterocycles. The maximum absolute atomic E-state index is 12.7. The Bertz CT molecular complexity index is 761. The van der Waals surface area contributed by atoms with Gasteiger partial charge in [0, 0.05) is 25.7 Å². The summed E-state index contributed by atoms with van der Waals surface area (Å²) in [6.45, 7) is 2.17. The van der Waals surface area contributed by atoms with E-state index in [0.717, 1.165) is 31.5 Å². The van der Waals surface area contributed by atoms with Crippen molar-refractivity contribution in [3.8, 4) is 0 Å². The van der Waals surface area contributed by atoms with Gasteiger partial charge < -0.3 is 10.6 Å². The summed E-state index contributed by atoms with van der Waals surface area (Å²) in [5.74, 6) is -0.0632. The largest absolute Gasteiger partial charge is 0.355 e. The topological polar surface area (TPSA) is 61.4 Å². The van der Waals surface area contributed by atoms with E-state index in [1.807, 2.05) is 36.4 Å². The van der Waals surface area contributed by atoms with Crippen LogP contribution in [0.25, 0.3) is 0 Å². The van der Waals surface area contributed by atoms with Gasteiger partial charge in [-0.1, -0.05) is 42.5 Å². The average molecular weight is 351 g/mol. The first-order chi connectivity index (χ1) is 12.7. The molecule has 0 unspecified atom stereocenters. The zero-order valence-electron chi connectivity index (χ0n) is 15.1. The van der Waals surface area contributed by atoms with Crippen LogP contribution in [0, 0.1) is 0 Å². The summed E-state index contributed by atoms with van der Waals surface area (Å²) < 4.78 is 0. The first kappa shape index (κ1) is 18.1. The fraction of sp³-hybridized carbons (Fsp3) is 0.333. The number of hydrogen-bond acceptors (Lipinski definition) is 3. The number of hydrogen-bond donors (Lipinski definition) is 2. The Balaban J connectivity index is 1.58. The van der Waals surface area contributed by atoms with Crippen LogP contribution in [0.15, 0.2) is 54.6 Å². The standard InChI is InChI=1S/C21H25N3O2/c1-22-20(25)18-10-5-9-17(13-18)14-23-21(26)19-11-6-12-24(19)15-16-7-3-2-4-8-16/h2-5,7-10,13,19H,6,11-12,14-15H2,1H3,(H,22,25)(H,23,26)/t19-/m1/s1. The summed E-state index contributed by atoms with van der Waals surface area (Å²) in [7, 11) is 1.61. The van der Waals surface area contributed by atoms with E-state index in [0.29, 0.717) is 12.1 Å². The smallest absolute Gasteiger partial charge is 0.251 e. The first-order valence-corrected chi connectivity index (χ1v) is 9.04. The Morgan fingerprint density at radius 2 is 1.85 bits per heavy atom. The van der Waals surface area contributed by atoms with Gasteiger partial charge in [-0.15, -0.1) is 0 Å². The molecule has 26 heavy (non-hydrogen) atoms. The molecule has 2 N–H and O–H groups in total. The lowest BCUT2D eigenvalue weighted by Crippen LogP contribution is -2.42. The molecule has 2 aromatic carbocycles. The number of amides is 2. The van der Waals surface area contributed by atoms with E-state index < -0.39 is 0 Å². The predicted octanol–water partition coefficient (Wildman–Crippen LogP) is 2.33. The van der Waals surface area contributed by atoms with Crippen LogP contribution >= 0.6 is 0 Å². The predicted molar refractivity (Wildman–Crippen MR) is 102 cm³/mol. The number of carbonyl (C=O) groups is 2. The molecule has 5 heteroatoms. The summed E-state index contributed by atoms with van der Waals surface area (Å²) in [5.41, 5.74) is 2.75. The van der Waals surface area contributed by atoms with Crippen LogP contribution in [0.3, 0.4) is 0 Å². The molecular weight excluding hydrogens is 326 g/mol. The van der Waals surface area contributed by atoms with Crippen molar-refractivity contribution in [2.75, 3.05) is 13.6 Å². The van der Waals surface area contributed by atoms with Gasteiger partial charge >= 0.3 is 0 Å². The number of benzene rings is 2. The molecule has 0 bridgehead atoms. The van der Waals surface area contributed by atoms with Crippen LogP contribution in [-0.4, -0.2) is 36.3 Å². The molecule has 0 saturated carbocycles. The SMILES string of the molecule is CNC(=O)c1cccc(CNC(=O)[C@H]2CCCN2Cc2ccccc2)c1. The Morgan fingerprint density at radius 1 is 1.08 bits per heavy atom. The highest BCUT2D eigenvalue weighted by atomic mass is 16.2. The lowest BCUT2D eigenvalue weighted by Gasteiger charge is -2.23. The van der Waals surface area contributed by atoms with E-state index >= 15 is 0 Å². The van der Waals surface area contributed by atoms with Crippen molar-refractivity contribution in [1.29, 1.82) is 0 Å². The van der Waals surface area contributed by atoms with Crippen molar-refractivity contribution in [3.05, 3.63) is 71.3 Å². The Kier molecular flexibility index (Phi) is 6.02. The molecule has 1 heterocycles. The van der Waals surface area contributed by atoms with Crippen molar-refractivity contribution >= 4 is 11.8 Å². The van der Waals surface area contributed by atoms with Crippen molar-refractivity contribution in [2.45, 2.75) is 32.0 Å². The third kappa shape index (κ3) is 4.49. The molecule has 0 spiro atoms. The van der Waals surface area contributed by atoms with Crippen LogP contribution < -0.4 is 10.6 Å². The molecule has 0 aromatic heterocycles. The lowest BCUT2D eigenvalue weighted by atomic mass is 10.1. The molecule has 136 valence electrons. The highest BCUT2D eigenvalue weighted by Gasteiger charge is 2.30. The van der Waals surface area contributed by atoms with Crippen molar-refractivity contribution in [1.82, 2.24) is 15.5 Å². The van der Waals surface area contributed by atoms with E-state index in [1.165, 1.54) is 5.56 Å². The third-order valence-corrected chi connectivity index (χ3v) is 4.78. The van der Waals surface area contributed by atoms with Crippen LogP contribution in [0.2, 0.25) is 0 Å². The minimum absolute atomic E-state index is 0.0591. The van der Waals surface area contributed by atoms with Gasteiger partial charge in [0.2, 0.25) is 5.91 Å². The fourth-order valence-corrected chi connectivity index (χ4v) is 3.40. The molecule has 1 fully saturated rings. The van der Waals surface area contributed by atoms with Gasteiger partial charge in [0.15, 0.2) is 0 Å². The first-order valence-electron chi connectivity index (χ1n) is 9.04. The summed E-state index contributed by atoms with van der Waals surface area (Å²) in [6, 6.07) is 17.5. The maximum Gasteiger partial charge on any atom is 0.251 e. The highest BCUT2D eigenvalue weighted by Crippen LogP contribution is 2.20. The Labute approximate surface area is 154 Å². The van der Waals surface area contributed by atoms with Gasteiger partial charge in [-0.2, -0.15) is 0 Å². The van der Waals surface area contributed by atoms with E-state index in [9.17, 15) is 9.59 Å². The number of rotatable bonds is 6. The summed E-state index contributed by atoms with van der Waals surface area (Å²) in [5, 5.41) is 5.64. The second-order valence-corrected chi connectivity index (χ2v) is 6.61. The number of nitrogens with one attached hydrogen (secondary N) is 2. The number of carbonyl (C=O) groups excluding carboxylic acids is 2. The fourth-order valence-electron chi connectivity index (χ4n) is 3.40. The van der Waals surface area contributed by atoms with E-state index in [-0.39, 0.29) is 17.9 Å². The molecule has 1 aliphatic rings. The second kappa shape index (κ2) is 8.63. The van der Waals surface area contributed by atoms with Crippen molar-refractivity contribution < 1.29 is 9.59 Å². The lowest BCUT2D eigenvalue weighted by molar-refractivity contribution is -0.125. The summed E-state index contributed by atoms with van der Waals surface area (Å²) >= 11 is 0. The summed E-state index contributed by atoms with van der Waals surface area (Å²) in [4.78, 5) is 26.6. The van der Waals surface area contributed by atoms with Gasteiger partial charge in [0.05, 0.1) is 6.04 Å². The van der Waals surface area contributed by atoms with Gasteiger partial charge in [-0.3, -0.25) is 14.5 Å². The van der Waals surface area contributed by atoms with Crippen molar-refractivity contribution in [3.63, 3.8) is 0 Å². The molecule has 1 atom stereocenters. The molecule has 3 rings (SSSR count). The molecular formula is C21H25N3O2. The molecule has 0 radical (unpaired) electrons. The van der Waals surface area contributed by atoms with Gasteiger partial charge in [0.25, 0.3) is 5.91 Å². The third-order valence-electron chi connectivity index (χ3n) is 4.78. The molecule has 0 aliphatic carbocycles. The van der Waals surface area contributed by atoms with E-state index in [1.54, 1.807) is 13.1 Å². The number of nitrogens with zero attached hydrogens (tertiary/aromatic N) is 1. The summed E-state index contributed by atoms with van der Waals surface area (Å²) in [6.07, 6.45) is 1.92. The number of likely N-dealkylation sites (tertiary alicyclic amines) is 1. The van der Waals surface area contributed by atoms with Crippen LogP contribution in [0.5, 0.6) is 0 Å².